The van der Waals surface area contributed by atoms with E-state index in [2.05, 4.69) is 161 Å². The van der Waals surface area contributed by atoms with Crippen molar-refractivity contribution in [3.63, 3.8) is 0 Å². The summed E-state index contributed by atoms with van der Waals surface area (Å²) in [5.74, 6) is 0. The van der Waals surface area contributed by atoms with Gasteiger partial charge in [-0.25, -0.2) is 6.08 Å². The number of hydrogen-bond acceptors (Lipinski definition) is 0. The second-order valence-corrected chi connectivity index (χ2v) is 17.5. The van der Waals surface area contributed by atoms with Crippen LogP contribution in [0.15, 0.2) is 84.5 Å². The molecule has 0 heterocycles. The van der Waals surface area contributed by atoms with Gasteiger partial charge < -0.3 is 0 Å². The van der Waals surface area contributed by atoms with Gasteiger partial charge >= 0.3 is 71.2 Å². The van der Waals surface area contributed by atoms with Crippen LogP contribution in [0.1, 0.15) is 109 Å². The summed E-state index contributed by atoms with van der Waals surface area (Å²) in [6, 6.07) is 20.8. The van der Waals surface area contributed by atoms with E-state index in [1.807, 2.05) is 0 Å². The summed E-state index contributed by atoms with van der Waals surface area (Å²) < 4.78 is 1.50. The zero-order chi connectivity index (χ0) is 32.2. The first kappa shape index (κ1) is 32.4. The third-order valence-electron chi connectivity index (χ3n) is 9.48. The molecule has 0 N–H and O–H groups in total. The topological polar surface area (TPSA) is 0 Å². The van der Waals surface area contributed by atoms with Crippen molar-refractivity contribution in [2.45, 2.75) is 93.4 Å². The monoisotopic (exact) mass is 628 g/mol. The van der Waals surface area contributed by atoms with Crippen molar-refractivity contribution in [1.29, 1.82) is 0 Å². The fraction of sp³-hybridized carbons (Fsp3) is 0.349. The van der Waals surface area contributed by atoms with Crippen LogP contribution in [0.4, 0.5) is 0 Å². The van der Waals surface area contributed by atoms with E-state index in [0.29, 0.717) is 5.41 Å². The van der Waals surface area contributed by atoms with Gasteiger partial charge in [-0.15, -0.1) is 46.2 Å². The molecule has 0 nitrogen and oxygen atoms in total. The van der Waals surface area contributed by atoms with Crippen LogP contribution in [0, 0.1) is 18.4 Å². The number of hydrogen-bond donors (Lipinski definition) is 0. The predicted molar refractivity (Wildman–Crippen MR) is 191 cm³/mol. The van der Waals surface area contributed by atoms with Crippen LogP contribution in [-0.2, 0) is 28.7 Å². The second kappa shape index (κ2) is 11.7. The molecule has 0 radical (unpaired) electrons. The average Bonchev–Trinajstić information content (AvgIpc) is 3.68. The molecule has 0 amide bonds. The summed E-state index contributed by atoms with van der Waals surface area (Å²) in [6.45, 7) is 24.8. The summed E-state index contributed by atoms with van der Waals surface area (Å²) in [7, 11) is 0. The number of benzene rings is 3. The van der Waals surface area contributed by atoms with Crippen LogP contribution < -0.4 is 0 Å². The Morgan fingerprint density at radius 2 is 1.25 bits per heavy atom. The zero-order valence-corrected chi connectivity index (χ0v) is 31.9. The molecule has 0 spiro atoms. The third kappa shape index (κ3) is 6.37. The Morgan fingerprint density at radius 3 is 1.61 bits per heavy atom. The van der Waals surface area contributed by atoms with Gasteiger partial charge in [0.05, 0.1) is 0 Å². The Bertz CT molecular complexity index is 1790. The molecule has 44 heavy (non-hydrogen) atoms. The van der Waals surface area contributed by atoms with E-state index in [0.717, 1.165) is 6.42 Å². The molecule has 4 aromatic carbocycles. The third-order valence-corrected chi connectivity index (χ3v) is 10.3. The summed E-state index contributed by atoms with van der Waals surface area (Å²) in [5.41, 5.74) is 13.4. The molecular formula is C43H48Zn-2. The first-order valence-corrected chi connectivity index (χ1v) is 17.6. The minimum absolute atomic E-state index is 0.139. The summed E-state index contributed by atoms with van der Waals surface area (Å²) in [4.78, 5) is 0. The van der Waals surface area contributed by atoms with Crippen LogP contribution in [0.5, 0.6) is 0 Å². The van der Waals surface area contributed by atoms with Crippen molar-refractivity contribution < 1.29 is 17.9 Å². The van der Waals surface area contributed by atoms with Crippen LogP contribution in [0.2, 0.25) is 0 Å². The molecule has 0 saturated heterocycles. The van der Waals surface area contributed by atoms with Crippen molar-refractivity contribution in [3.8, 4) is 0 Å². The van der Waals surface area contributed by atoms with E-state index < -0.39 is 0 Å². The second-order valence-electron chi connectivity index (χ2n) is 15.3. The Hall–Kier alpha value is -3.02. The average molecular weight is 630 g/mol. The maximum atomic E-state index is 3.16. The molecule has 224 valence electrons. The summed E-state index contributed by atoms with van der Waals surface area (Å²) >= 11 is 1.27. The normalized spacial score (nSPS) is 17.2. The Balaban J connectivity index is 0.000000166. The van der Waals surface area contributed by atoms with E-state index in [-0.39, 0.29) is 10.8 Å². The molecule has 0 bridgehead atoms. The van der Waals surface area contributed by atoms with Gasteiger partial charge in [0.15, 0.2) is 0 Å². The van der Waals surface area contributed by atoms with E-state index in [4.69, 9.17) is 0 Å². The quantitative estimate of drug-likeness (QED) is 0.145. The zero-order valence-electron chi connectivity index (χ0n) is 28.9. The first-order valence-electron chi connectivity index (χ1n) is 16.1. The van der Waals surface area contributed by atoms with Gasteiger partial charge in [-0.1, -0.05) is 89.3 Å². The van der Waals surface area contributed by atoms with Crippen molar-refractivity contribution in [2.75, 3.05) is 0 Å². The SMILES string of the molecule is CC(C)(C)C1=CC[C-]=C1.CC1=CC(C)(C)c2cc3[cH-]c4cc5c(cc4c3cc21)C(C)=CC5(C)C.C[C](=[Zn])c1ccc(C)cc1. The molecule has 1 heteroatoms. The van der Waals surface area contributed by atoms with Gasteiger partial charge in [-0.05, 0) is 36.1 Å². The molecule has 0 atom stereocenters. The Kier molecular flexibility index (Phi) is 8.63. The van der Waals surface area contributed by atoms with Crippen LogP contribution >= 0.6 is 0 Å². The van der Waals surface area contributed by atoms with Gasteiger partial charge in [-0.3, -0.25) is 6.08 Å². The van der Waals surface area contributed by atoms with Crippen LogP contribution in [0.3, 0.4) is 0 Å². The van der Waals surface area contributed by atoms with Gasteiger partial charge in [-0.2, -0.15) is 11.6 Å². The molecule has 0 unspecified atom stereocenters. The summed E-state index contributed by atoms with van der Waals surface area (Å²) in [5, 5.41) is 5.57. The van der Waals surface area contributed by atoms with E-state index >= 15 is 0 Å². The first-order chi connectivity index (χ1) is 20.5. The van der Waals surface area contributed by atoms with Crippen molar-refractivity contribution in [1.82, 2.24) is 0 Å². The van der Waals surface area contributed by atoms with Gasteiger partial charge in [0.1, 0.15) is 0 Å². The Labute approximate surface area is 276 Å². The number of rotatable bonds is 1. The Morgan fingerprint density at radius 1 is 0.773 bits per heavy atom. The van der Waals surface area contributed by atoms with Gasteiger partial charge in [0.2, 0.25) is 0 Å². The fourth-order valence-corrected chi connectivity index (χ4v) is 7.47. The fourth-order valence-electron chi connectivity index (χ4n) is 6.98. The van der Waals surface area contributed by atoms with E-state index in [9.17, 15) is 0 Å². The van der Waals surface area contributed by atoms with Crippen molar-refractivity contribution in [3.05, 3.63) is 124 Å². The molecule has 3 aliphatic rings. The van der Waals surface area contributed by atoms with Gasteiger partial charge in [0.25, 0.3) is 0 Å². The molecule has 0 fully saturated rings. The van der Waals surface area contributed by atoms with E-state index in [1.54, 1.807) is 0 Å². The molecule has 7 rings (SSSR count). The van der Waals surface area contributed by atoms with Crippen LogP contribution in [-0.4, -0.2) is 4.11 Å². The maximum absolute atomic E-state index is 3.16. The molecule has 4 aromatic rings. The predicted octanol–water partition coefficient (Wildman–Crippen LogP) is 11.9. The molecule has 3 aliphatic carbocycles. The molecule has 0 saturated carbocycles. The van der Waals surface area contributed by atoms with Gasteiger partial charge in [0, 0.05) is 10.8 Å². The van der Waals surface area contributed by atoms with Crippen molar-refractivity contribution in [2.24, 2.45) is 5.41 Å². The molecule has 0 aliphatic heterocycles. The molecular weight excluding hydrogens is 582 g/mol. The van der Waals surface area contributed by atoms with E-state index in [1.165, 1.54) is 93.6 Å². The number of aryl methyl sites for hydroxylation is 1. The standard InChI is InChI=1S/C25H25.C9H13.C9H10.Zn/c1-14-12-24(3,4)22-8-16-7-17-9-23-19(15(2)13-25(23,5)6)11-21(17)20(16)10-18(14)22;1-9(2,3)8-6-4-5-7-8;1-3-9-6-4-8(2)5-7-9;/h7-13H,1-6H3;6-7H,4H2,1-3H3;4-7H,1-2H3;/q2*-1;;. The number of fused-ring (bicyclic) bond motifs is 5. The van der Waals surface area contributed by atoms with Crippen LogP contribution in [0.25, 0.3) is 32.7 Å². The molecule has 0 aromatic heterocycles. The van der Waals surface area contributed by atoms with Crippen molar-refractivity contribution >= 4 is 36.8 Å². The summed E-state index contributed by atoms with van der Waals surface area (Å²) in [6.07, 6.45) is 13.3. The minimum atomic E-state index is 0.139. The number of allylic oxidation sites excluding steroid dienone is 8.